The summed E-state index contributed by atoms with van der Waals surface area (Å²) >= 11 is 0. The Morgan fingerprint density at radius 2 is 1.93 bits per heavy atom. The average Bonchev–Trinajstić information content (AvgIpc) is 2.72. The van der Waals surface area contributed by atoms with Gasteiger partial charge in [0.15, 0.2) is 11.2 Å². The van der Waals surface area contributed by atoms with Crippen LogP contribution in [-0.4, -0.2) is 37.0 Å². The van der Waals surface area contributed by atoms with E-state index in [1.807, 2.05) is 19.1 Å². The quantitative estimate of drug-likeness (QED) is 0.324. The summed E-state index contributed by atoms with van der Waals surface area (Å²) in [4.78, 5) is 34.5. The summed E-state index contributed by atoms with van der Waals surface area (Å²) in [6, 6.07) is 13.1. The van der Waals surface area contributed by atoms with Crippen molar-refractivity contribution in [2.45, 2.75) is 20.0 Å². The fourth-order valence-electron chi connectivity index (χ4n) is 2.68. The summed E-state index contributed by atoms with van der Waals surface area (Å²) < 4.78 is 15.9. The van der Waals surface area contributed by atoms with Gasteiger partial charge in [0.2, 0.25) is 5.76 Å². The molecule has 1 atom stereocenters. The molecule has 1 unspecified atom stereocenters. The van der Waals surface area contributed by atoms with Crippen LogP contribution in [0.1, 0.15) is 23.0 Å². The Morgan fingerprint density at radius 3 is 2.70 bits per heavy atom. The second-order valence-electron chi connectivity index (χ2n) is 6.47. The van der Waals surface area contributed by atoms with Crippen LogP contribution in [0.5, 0.6) is 11.5 Å². The van der Waals surface area contributed by atoms with Crippen molar-refractivity contribution in [3.8, 4) is 11.5 Å². The van der Waals surface area contributed by atoms with Crippen LogP contribution in [0, 0.1) is 6.92 Å². The summed E-state index contributed by atoms with van der Waals surface area (Å²) in [5, 5.41) is 10.2. The fraction of sp³-hybridized carbons (Fsp3) is 0.273. The SMILES string of the molecule is CCOC(=O)c1cc(=O)c2c(OCC(O)COOc3cccc(C)c3)cccc2o1. The van der Waals surface area contributed by atoms with Crippen LogP contribution in [0.25, 0.3) is 11.0 Å². The van der Waals surface area contributed by atoms with Gasteiger partial charge in [-0.25, -0.2) is 4.79 Å². The highest BCUT2D eigenvalue weighted by atomic mass is 17.2. The molecule has 3 aromatic rings. The molecule has 0 spiro atoms. The van der Waals surface area contributed by atoms with Gasteiger partial charge in [-0.1, -0.05) is 18.2 Å². The van der Waals surface area contributed by atoms with E-state index in [0.717, 1.165) is 11.6 Å². The van der Waals surface area contributed by atoms with Crippen LogP contribution in [-0.2, 0) is 9.62 Å². The predicted octanol–water partition coefficient (Wildman–Crippen LogP) is 3.03. The summed E-state index contributed by atoms with van der Waals surface area (Å²) in [5.74, 6) is -0.167. The van der Waals surface area contributed by atoms with Crippen molar-refractivity contribution < 1.29 is 33.6 Å². The number of carbonyl (C=O) groups excluding carboxylic acids is 1. The molecule has 0 radical (unpaired) electrons. The van der Waals surface area contributed by atoms with Crippen molar-refractivity contribution in [2.24, 2.45) is 0 Å². The van der Waals surface area contributed by atoms with E-state index in [2.05, 4.69) is 0 Å². The summed E-state index contributed by atoms with van der Waals surface area (Å²) in [5.41, 5.74) is 0.737. The topological polar surface area (TPSA) is 104 Å². The minimum atomic E-state index is -1.00. The van der Waals surface area contributed by atoms with Crippen LogP contribution >= 0.6 is 0 Å². The Hall–Kier alpha value is -3.36. The number of esters is 1. The highest BCUT2D eigenvalue weighted by molar-refractivity contribution is 5.90. The van der Waals surface area contributed by atoms with Crippen LogP contribution in [0.15, 0.2) is 57.7 Å². The van der Waals surface area contributed by atoms with E-state index in [9.17, 15) is 14.7 Å². The van der Waals surface area contributed by atoms with Crippen molar-refractivity contribution in [3.05, 3.63) is 70.1 Å². The summed E-state index contributed by atoms with van der Waals surface area (Å²) in [6.07, 6.45) is -1.00. The maximum absolute atomic E-state index is 12.5. The van der Waals surface area contributed by atoms with Gasteiger partial charge in [-0.3, -0.25) is 4.79 Å². The third-order valence-corrected chi connectivity index (χ3v) is 4.03. The molecule has 3 rings (SSSR count). The van der Waals surface area contributed by atoms with E-state index in [4.69, 9.17) is 23.7 Å². The van der Waals surface area contributed by atoms with Crippen molar-refractivity contribution in [1.82, 2.24) is 0 Å². The van der Waals surface area contributed by atoms with Crippen molar-refractivity contribution in [2.75, 3.05) is 19.8 Å². The average molecular weight is 414 g/mol. The number of carbonyl (C=O) groups is 1. The van der Waals surface area contributed by atoms with Gasteiger partial charge in [0.1, 0.15) is 36.0 Å². The first kappa shape index (κ1) is 21.4. The molecule has 2 aromatic carbocycles. The molecule has 0 aliphatic rings. The molecule has 30 heavy (non-hydrogen) atoms. The maximum Gasteiger partial charge on any atom is 0.374 e. The summed E-state index contributed by atoms with van der Waals surface area (Å²) in [7, 11) is 0. The molecule has 1 N–H and O–H groups in total. The number of fused-ring (bicyclic) bond motifs is 1. The number of aliphatic hydroxyl groups is 1. The van der Waals surface area contributed by atoms with Gasteiger partial charge in [0, 0.05) is 6.07 Å². The first-order chi connectivity index (χ1) is 14.5. The van der Waals surface area contributed by atoms with Crippen LogP contribution < -0.4 is 15.1 Å². The van der Waals surface area contributed by atoms with E-state index in [0.29, 0.717) is 5.75 Å². The van der Waals surface area contributed by atoms with Gasteiger partial charge in [0.25, 0.3) is 0 Å². The number of ether oxygens (including phenoxy) is 2. The van der Waals surface area contributed by atoms with E-state index < -0.39 is 17.5 Å². The van der Waals surface area contributed by atoms with Crippen molar-refractivity contribution in [1.29, 1.82) is 0 Å². The van der Waals surface area contributed by atoms with Gasteiger partial charge in [-0.2, -0.15) is 4.89 Å². The third kappa shape index (κ3) is 5.37. The molecule has 0 saturated heterocycles. The lowest BCUT2D eigenvalue weighted by molar-refractivity contribution is -0.225. The van der Waals surface area contributed by atoms with Gasteiger partial charge < -0.3 is 23.9 Å². The van der Waals surface area contributed by atoms with Gasteiger partial charge in [-0.05, 0) is 43.7 Å². The predicted molar refractivity (Wildman–Crippen MR) is 108 cm³/mol. The highest BCUT2D eigenvalue weighted by Gasteiger charge is 2.16. The third-order valence-electron chi connectivity index (χ3n) is 4.03. The number of aryl methyl sites for hydroxylation is 1. The Kier molecular flexibility index (Phi) is 7.05. The number of hydrogen-bond acceptors (Lipinski definition) is 8. The molecule has 158 valence electrons. The van der Waals surface area contributed by atoms with Gasteiger partial charge in [-0.15, -0.1) is 0 Å². The van der Waals surface area contributed by atoms with Crippen LogP contribution in [0.3, 0.4) is 0 Å². The highest BCUT2D eigenvalue weighted by Crippen LogP contribution is 2.24. The molecule has 0 aliphatic carbocycles. The smallest absolute Gasteiger partial charge is 0.374 e. The minimum absolute atomic E-state index is 0.139. The Balaban J connectivity index is 1.62. The zero-order valence-electron chi connectivity index (χ0n) is 16.6. The Labute approximate surface area is 172 Å². The Morgan fingerprint density at radius 1 is 1.13 bits per heavy atom. The molecule has 0 bridgehead atoms. The van der Waals surface area contributed by atoms with E-state index >= 15 is 0 Å². The zero-order valence-corrected chi connectivity index (χ0v) is 16.6. The molecule has 0 fully saturated rings. The lowest BCUT2D eigenvalue weighted by atomic mass is 10.2. The number of rotatable bonds is 9. The largest absolute Gasteiger partial charge is 0.490 e. The number of aliphatic hydroxyl groups excluding tert-OH is 1. The molecule has 8 nitrogen and oxygen atoms in total. The van der Waals surface area contributed by atoms with Gasteiger partial charge in [0.05, 0.1) is 6.61 Å². The van der Waals surface area contributed by atoms with E-state index in [-0.39, 0.29) is 42.3 Å². The lowest BCUT2D eigenvalue weighted by Gasteiger charge is -2.13. The van der Waals surface area contributed by atoms with Crippen LogP contribution in [0.4, 0.5) is 0 Å². The fourth-order valence-corrected chi connectivity index (χ4v) is 2.68. The van der Waals surface area contributed by atoms with Crippen LogP contribution in [0.2, 0.25) is 0 Å². The normalized spacial score (nSPS) is 11.8. The zero-order chi connectivity index (χ0) is 21.5. The van der Waals surface area contributed by atoms with Crippen molar-refractivity contribution >= 4 is 16.9 Å². The number of hydrogen-bond donors (Lipinski definition) is 1. The second-order valence-corrected chi connectivity index (χ2v) is 6.47. The second kappa shape index (κ2) is 9.91. The van der Waals surface area contributed by atoms with Gasteiger partial charge >= 0.3 is 5.97 Å². The first-order valence-corrected chi connectivity index (χ1v) is 9.39. The van der Waals surface area contributed by atoms with Crippen molar-refractivity contribution in [3.63, 3.8) is 0 Å². The monoisotopic (exact) mass is 414 g/mol. The molecule has 0 aliphatic heterocycles. The molecule has 0 amide bonds. The molecular weight excluding hydrogens is 392 g/mol. The summed E-state index contributed by atoms with van der Waals surface area (Å²) in [6.45, 7) is 3.46. The number of benzene rings is 2. The minimum Gasteiger partial charge on any atom is -0.490 e. The maximum atomic E-state index is 12.5. The molecule has 0 saturated carbocycles. The lowest BCUT2D eigenvalue weighted by Crippen LogP contribution is -2.24. The molecule has 1 aromatic heterocycles. The Bertz CT molecular complexity index is 1070. The molecule has 1 heterocycles. The molecule has 8 heteroatoms. The van der Waals surface area contributed by atoms with E-state index in [1.165, 1.54) is 0 Å². The standard InChI is InChI=1S/C22H22O8/c1-3-26-22(25)20-11-17(24)21-18(8-5-9-19(21)29-20)27-12-15(23)13-28-30-16-7-4-6-14(2)10-16/h4-11,15,23H,3,12-13H2,1-2H3. The first-order valence-electron chi connectivity index (χ1n) is 9.39. The van der Waals surface area contributed by atoms with E-state index in [1.54, 1.807) is 37.3 Å². The molecular formula is C22H22O8.